The van der Waals surface area contributed by atoms with Gasteiger partial charge in [0.05, 0.1) is 5.41 Å². The molecule has 1 aliphatic rings. The highest BCUT2D eigenvalue weighted by Crippen LogP contribution is 2.50. The average molecular weight is 395 g/mol. The number of carbonyl (C=O) groups excluding carboxylic acids is 1. The van der Waals surface area contributed by atoms with Gasteiger partial charge in [-0.2, -0.15) is 0 Å². The van der Waals surface area contributed by atoms with Crippen LogP contribution in [-0.2, 0) is 10.2 Å². The van der Waals surface area contributed by atoms with Crippen LogP contribution in [0.15, 0.2) is 60.7 Å². The number of nitrogens with two attached hydrogens (primary N) is 1. The van der Waals surface area contributed by atoms with Crippen LogP contribution in [0.4, 0.5) is 4.79 Å². The maximum atomic E-state index is 13.0. The third-order valence-corrected chi connectivity index (χ3v) is 6.73. The number of hydrogen-bond acceptors (Lipinski definition) is 2. The lowest BCUT2D eigenvalue weighted by atomic mass is 9.56. The number of carboxylic acid groups (broad SMARTS) is 1. The number of primary amides is 1. The molecular weight excluding hydrogens is 364 g/mol. The van der Waals surface area contributed by atoms with Gasteiger partial charge in [0, 0.05) is 19.0 Å². The molecule has 154 valence electrons. The van der Waals surface area contributed by atoms with Gasteiger partial charge in [-0.15, -0.1) is 0 Å². The first-order valence-electron chi connectivity index (χ1n) is 10.3. The summed E-state index contributed by atoms with van der Waals surface area (Å²) in [6, 6.07) is 19.1. The zero-order valence-electron chi connectivity index (χ0n) is 17.1. The number of aliphatic carboxylic acids is 1. The van der Waals surface area contributed by atoms with E-state index < -0.39 is 17.4 Å². The first-order chi connectivity index (χ1) is 13.9. The Morgan fingerprint density at radius 1 is 1.14 bits per heavy atom. The lowest BCUT2D eigenvalue weighted by molar-refractivity contribution is -0.150. The monoisotopic (exact) mass is 394 g/mol. The van der Waals surface area contributed by atoms with Crippen molar-refractivity contribution in [1.29, 1.82) is 0 Å². The van der Waals surface area contributed by atoms with Crippen LogP contribution in [0, 0.1) is 11.8 Å². The molecule has 1 aliphatic heterocycles. The van der Waals surface area contributed by atoms with Gasteiger partial charge >= 0.3 is 12.0 Å². The predicted octanol–water partition coefficient (Wildman–Crippen LogP) is 4.24. The van der Waals surface area contributed by atoms with Crippen LogP contribution in [-0.4, -0.2) is 35.1 Å². The fourth-order valence-corrected chi connectivity index (χ4v) is 5.13. The van der Waals surface area contributed by atoms with Crippen LogP contribution in [0.3, 0.4) is 0 Å². The van der Waals surface area contributed by atoms with E-state index in [1.54, 1.807) is 4.90 Å². The summed E-state index contributed by atoms with van der Waals surface area (Å²) in [5.41, 5.74) is 6.43. The Morgan fingerprint density at radius 2 is 1.72 bits per heavy atom. The maximum Gasteiger partial charge on any atom is 0.314 e. The van der Waals surface area contributed by atoms with Gasteiger partial charge in [-0.1, -0.05) is 80.9 Å². The molecule has 0 radical (unpaired) electrons. The summed E-state index contributed by atoms with van der Waals surface area (Å²) in [5, 5.41) is 10.7. The highest BCUT2D eigenvalue weighted by Gasteiger charge is 2.54. The summed E-state index contributed by atoms with van der Waals surface area (Å²) >= 11 is 0. The van der Waals surface area contributed by atoms with E-state index in [0.717, 1.165) is 17.5 Å². The molecular formula is C24H30N2O3. The maximum absolute atomic E-state index is 13.0. The summed E-state index contributed by atoms with van der Waals surface area (Å²) in [4.78, 5) is 26.6. The van der Waals surface area contributed by atoms with E-state index in [1.807, 2.05) is 74.5 Å². The van der Waals surface area contributed by atoms with Crippen molar-refractivity contribution in [2.75, 3.05) is 13.1 Å². The number of likely N-dealkylation sites (tertiary alicyclic amines) is 1. The van der Waals surface area contributed by atoms with Crippen molar-refractivity contribution >= 4 is 12.0 Å². The Hall–Kier alpha value is -2.82. The van der Waals surface area contributed by atoms with Gasteiger partial charge in [-0.25, -0.2) is 4.79 Å². The lowest BCUT2D eigenvalue weighted by Crippen LogP contribution is -2.56. The summed E-state index contributed by atoms with van der Waals surface area (Å²) in [6.45, 7) is 4.98. The third-order valence-electron chi connectivity index (χ3n) is 6.73. The first kappa shape index (κ1) is 20.9. The molecule has 29 heavy (non-hydrogen) atoms. The number of nitrogens with zero attached hydrogens (tertiary/aromatic N) is 1. The van der Waals surface area contributed by atoms with Gasteiger partial charge in [0.25, 0.3) is 0 Å². The molecule has 1 saturated heterocycles. The van der Waals surface area contributed by atoms with Crippen molar-refractivity contribution in [2.45, 2.75) is 38.0 Å². The van der Waals surface area contributed by atoms with E-state index in [9.17, 15) is 14.7 Å². The van der Waals surface area contributed by atoms with E-state index in [-0.39, 0.29) is 17.8 Å². The Bertz CT molecular complexity index is 840. The Kier molecular flexibility index (Phi) is 6.26. The quantitative estimate of drug-likeness (QED) is 0.769. The molecule has 3 N–H and O–H groups in total. The summed E-state index contributed by atoms with van der Waals surface area (Å²) < 4.78 is 0. The topological polar surface area (TPSA) is 83.6 Å². The zero-order valence-corrected chi connectivity index (χ0v) is 17.1. The number of amides is 2. The number of piperidine rings is 1. The number of hydrogen-bond donors (Lipinski definition) is 2. The number of carbonyl (C=O) groups is 2. The number of urea groups is 1. The second kappa shape index (κ2) is 8.68. The van der Waals surface area contributed by atoms with Crippen molar-refractivity contribution in [3.63, 3.8) is 0 Å². The summed E-state index contributed by atoms with van der Waals surface area (Å²) in [7, 11) is 0. The smallest absolute Gasteiger partial charge is 0.314 e. The fourth-order valence-electron chi connectivity index (χ4n) is 5.13. The molecule has 4 atom stereocenters. The molecule has 5 heteroatoms. The van der Waals surface area contributed by atoms with Gasteiger partial charge < -0.3 is 15.7 Å². The van der Waals surface area contributed by atoms with Crippen LogP contribution in [0.2, 0.25) is 0 Å². The highest BCUT2D eigenvalue weighted by molar-refractivity contribution is 5.83. The van der Waals surface area contributed by atoms with Crippen LogP contribution in [0.25, 0.3) is 0 Å². The van der Waals surface area contributed by atoms with Crippen LogP contribution >= 0.6 is 0 Å². The van der Waals surface area contributed by atoms with Gasteiger partial charge in [0.2, 0.25) is 0 Å². The molecule has 0 bridgehead atoms. The highest BCUT2D eigenvalue weighted by atomic mass is 16.4. The Morgan fingerprint density at radius 3 is 2.24 bits per heavy atom. The first-order valence-corrected chi connectivity index (χ1v) is 10.3. The molecule has 2 aromatic carbocycles. The predicted molar refractivity (Wildman–Crippen MR) is 114 cm³/mol. The molecule has 4 unspecified atom stereocenters. The molecule has 0 saturated carbocycles. The fraction of sp³-hybridized carbons (Fsp3) is 0.417. The molecule has 0 spiro atoms. The minimum atomic E-state index is -1.04. The van der Waals surface area contributed by atoms with Crippen molar-refractivity contribution < 1.29 is 14.7 Å². The van der Waals surface area contributed by atoms with Crippen molar-refractivity contribution in [1.82, 2.24) is 4.90 Å². The van der Waals surface area contributed by atoms with Gasteiger partial charge in [-0.3, -0.25) is 4.79 Å². The minimum Gasteiger partial charge on any atom is -0.481 e. The van der Waals surface area contributed by atoms with Gasteiger partial charge in [0.1, 0.15) is 0 Å². The SMILES string of the molecule is CCC(C)C(C(=O)O)(c1ccccc1)C1CCN(C(N)=O)CC1c1ccccc1. The van der Waals surface area contributed by atoms with Gasteiger partial charge in [-0.05, 0) is 29.4 Å². The Balaban J connectivity index is 2.19. The molecule has 0 aromatic heterocycles. The number of rotatable bonds is 6. The van der Waals surface area contributed by atoms with Crippen LogP contribution in [0.5, 0.6) is 0 Å². The molecule has 0 aliphatic carbocycles. The van der Waals surface area contributed by atoms with E-state index >= 15 is 0 Å². The average Bonchev–Trinajstić information content (AvgIpc) is 2.75. The molecule has 1 fully saturated rings. The van der Waals surface area contributed by atoms with Gasteiger partial charge in [0.15, 0.2) is 0 Å². The minimum absolute atomic E-state index is 0.0706. The summed E-state index contributed by atoms with van der Waals surface area (Å²) in [6.07, 6.45) is 1.34. The molecule has 2 aromatic rings. The van der Waals surface area contributed by atoms with E-state index in [1.165, 1.54) is 0 Å². The lowest BCUT2D eigenvalue weighted by Gasteiger charge is -2.49. The van der Waals surface area contributed by atoms with E-state index in [2.05, 4.69) is 0 Å². The van der Waals surface area contributed by atoms with E-state index in [4.69, 9.17) is 5.73 Å². The molecule has 5 nitrogen and oxygen atoms in total. The second-order valence-corrected chi connectivity index (χ2v) is 8.05. The third kappa shape index (κ3) is 3.74. The Labute approximate surface area is 172 Å². The van der Waals surface area contributed by atoms with Crippen molar-refractivity contribution in [3.8, 4) is 0 Å². The largest absolute Gasteiger partial charge is 0.481 e. The van der Waals surface area contributed by atoms with Crippen molar-refractivity contribution in [3.05, 3.63) is 71.8 Å². The zero-order chi connectivity index (χ0) is 21.0. The van der Waals surface area contributed by atoms with E-state index in [0.29, 0.717) is 19.5 Å². The van der Waals surface area contributed by atoms with Crippen LogP contribution in [0.1, 0.15) is 43.7 Å². The standard InChI is InChI=1S/C24H30N2O3/c1-3-17(2)24(22(27)28,19-12-8-5-9-13-19)21-14-15-26(23(25)29)16-20(21)18-10-6-4-7-11-18/h4-13,17,20-21H,3,14-16H2,1-2H3,(H2,25,29)(H,27,28). The van der Waals surface area contributed by atoms with Crippen LogP contribution < -0.4 is 5.73 Å². The number of carboxylic acids is 1. The van der Waals surface area contributed by atoms with Crippen molar-refractivity contribution in [2.24, 2.45) is 17.6 Å². The molecule has 3 rings (SSSR count). The summed E-state index contributed by atoms with van der Waals surface area (Å²) in [5.74, 6) is -1.13. The molecule has 2 amide bonds. The second-order valence-electron chi connectivity index (χ2n) is 8.05. The normalized spacial score (nSPS) is 22.5. The molecule has 1 heterocycles. The number of benzene rings is 2.